The highest BCUT2D eigenvalue weighted by atomic mass is 31.2. The molecule has 4 rings (SSSR count). The Kier molecular flexibility index (Phi) is 6.48. The molecule has 32 heavy (non-hydrogen) atoms. The highest BCUT2D eigenvalue weighted by molar-refractivity contribution is 7.70. The summed E-state index contributed by atoms with van der Waals surface area (Å²) in [6.45, 7) is 5.48. The maximum Gasteiger partial charge on any atom is 0.227 e. The van der Waals surface area contributed by atoms with Gasteiger partial charge < -0.3 is 9.88 Å². The van der Waals surface area contributed by atoms with Crippen LogP contribution in [0.4, 0.5) is 10.1 Å². The molecule has 0 spiro atoms. The number of nitrogens with zero attached hydrogens (tertiary/aromatic N) is 1. The Morgan fingerprint density at radius 3 is 2.41 bits per heavy atom. The summed E-state index contributed by atoms with van der Waals surface area (Å²) in [6.07, 6.45) is 5.70. The topological polar surface area (TPSA) is 59.1 Å². The average molecular weight is 453 g/mol. The number of hydrogen-bond acceptors (Lipinski definition) is 3. The number of aromatic nitrogens is 1. The standard InChI is InChI=1S/C26H30FN2O2P/c1-17(26(30)29-21-9-11-22(12-10-21)32(2,3)31)18-4-6-19(7-5-18)23-14-15-28-25-13-8-20(27)16-24(23)25/h8-19H,4-7H2,1-3H3,(H,29,30). The van der Waals surface area contributed by atoms with Gasteiger partial charge in [0.2, 0.25) is 5.91 Å². The zero-order valence-electron chi connectivity index (χ0n) is 18.8. The van der Waals surface area contributed by atoms with Crippen molar-refractivity contribution in [2.45, 2.75) is 38.5 Å². The first-order valence-electron chi connectivity index (χ1n) is 11.2. The predicted octanol–water partition coefficient (Wildman–Crippen LogP) is 6.17. The van der Waals surface area contributed by atoms with E-state index in [9.17, 15) is 13.8 Å². The van der Waals surface area contributed by atoms with E-state index >= 15 is 0 Å². The van der Waals surface area contributed by atoms with Crippen LogP contribution in [0.25, 0.3) is 10.9 Å². The van der Waals surface area contributed by atoms with Crippen LogP contribution in [0.2, 0.25) is 0 Å². The summed E-state index contributed by atoms with van der Waals surface area (Å²) in [5, 5.41) is 4.72. The van der Waals surface area contributed by atoms with Crippen LogP contribution in [0.5, 0.6) is 0 Å². The number of carbonyl (C=O) groups is 1. The molecule has 1 saturated carbocycles. The van der Waals surface area contributed by atoms with E-state index in [-0.39, 0.29) is 17.6 Å². The number of amides is 1. The molecule has 0 aliphatic heterocycles. The van der Waals surface area contributed by atoms with Crippen LogP contribution in [0, 0.1) is 17.7 Å². The van der Waals surface area contributed by atoms with Gasteiger partial charge in [0.15, 0.2) is 0 Å². The van der Waals surface area contributed by atoms with Crippen LogP contribution < -0.4 is 10.6 Å². The predicted molar refractivity (Wildman–Crippen MR) is 130 cm³/mol. The summed E-state index contributed by atoms with van der Waals surface area (Å²) in [6, 6.07) is 14.1. The smallest absolute Gasteiger partial charge is 0.227 e. The summed E-state index contributed by atoms with van der Waals surface area (Å²) < 4.78 is 26.0. The van der Waals surface area contributed by atoms with Gasteiger partial charge in [-0.25, -0.2) is 4.39 Å². The SMILES string of the molecule is CC(C(=O)Nc1ccc(P(C)(C)=O)cc1)C1CCC(c2ccnc3ccc(F)cc23)CC1. The molecule has 6 heteroatoms. The second kappa shape index (κ2) is 9.15. The number of anilines is 1. The molecule has 1 amide bonds. The van der Waals surface area contributed by atoms with Crippen molar-refractivity contribution in [3.8, 4) is 0 Å². The highest BCUT2D eigenvalue weighted by Crippen LogP contribution is 2.41. The van der Waals surface area contributed by atoms with Crippen LogP contribution in [-0.4, -0.2) is 24.2 Å². The minimum atomic E-state index is -2.30. The number of halogens is 1. The van der Waals surface area contributed by atoms with E-state index in [1.165, 1.54) is 6.07 Å². The largest absolute Gasteiger partial charge is 0.326 e. The van der Waals surface area contributed by atoms with Crippen molar-refractivity contribution in [3.63, 3.8) is 0 Å². The zero-order valence-corrected chi connectivity index (χ0v) is 19.7. The van der Waals surface area contributed by atoms with E-state index in [0.29, 0.717) is 11.8 Å². The second-order valence-corrected chi connectivity index (χ2v) is 12.6. The summed E-state index contributed by atoms with van der Waals surface area (Å²) in [5.74, 6) is 0.376. The molecule has 3 aromatic rings. The van der Waals surface area contributed by atoms with E-state index in [0.717, 1.165) is 53.1 Å². The van der Waals surface area contributed by atoms with Crippen LogP contribution in [0.1, 0.15) is 44.1 Å². The van der Waals surface area contributed by atoms with E-state index in [1.807, 2.05) is 37.3 Å². The first-order chi connectivity index (χ1) is 15.2. The van der Waals surface area contributed by atoms with Gasteiger partial charge in [0.25, 0.3) is 0 Å². The minimum absolute atomic E-state index is 0.0220. The van der Waals surface area contributed by atoms with E-state index in [4.69, 9.17) is 0 Å². The number of carbonyl (C=O) groups excluding carboxylic acids is 1. The molecule has 4 nitrogen and oxygen atoms in total. The maximum atomic E-state index is 13.8. The van der Waals surface area contributed by atoms with E-state index in [2.05, 4.69) is 10.3 Å². The van der Waals surface area contributed by atoms with Gasteiger partial charge in [-0.3, -0.25) is 9.78 Å². The van der Waals surface area contributed by atoms with Gasteiger partial charge in [-0.15, -0.1) is 0 Å². The Bertz CT molecular complexity index is 1160. The number of rotatable bonds is 5. The molecule has 1 heterocycles. The van der Waals surface area contributed by atoms with Crippen LogP contribution >= 0.6 is 7.14 Å². The van der Waals surface area contributed by atoms with Gasteiger partial charge >= 0.3 is 0 Å². The fourth-order valence-corrected chi connectivity index (χ4v) is 5.67. The fraction of sp³-hybridized carbons (Fsp3) is 0.385. The molecule has 1 aromatic heterocycles. The Morgan fingerprint density at radius 2 is 1.75 bits per heavy atom. The fourth-order valence-electron chi connectivity index (χ4n) is 4.80. The molecule has 2 aromatic carbocycles. The molecule has 1 N–H and O–H groups in total. The molecule has 168 valence electrons. The first kappa shape index (κ1) is 22.7. The van der Waals surface area contributed by atoms with Crippen molar-refractivity contribution in [1.29, 1.82) is 0 Å². The van der Waals surface area contributed by atoms with Crippen LogP contribution in [-0.2, 0) is 9.36 Å². The zero-order chi connectivity index (χ0) is 22.9. The molecule has 1 atom stereocenters. The summed E-state index contributed by atoms with van der Waals surface area (Å²) >= 11 is 0. The molecule has 0 bridgehead atoms. The lowest BCUT2D eigenvalue weighted by molar-refractivity contribution is -0.121. The van der Waals surface area contributed by atoms with Crippen molar-refractivity contribution in [3.05, 3.63) is 66.1 Å². The quantitative estimate of drug-likeness (QED) is 0.471. The van der Waals surface area contributed by atoms with Gasteiger partial charge in [-0.1, -0.05) is 6.92 Å². The molecule has 1 unspecified atom stereocenters. The van der Waals surface area contributed by atoms with E-state index < -0.39 is 7.14 Å². The molecular formula is C26H30FN2O2P. The van der Waals surface area contributed by atoms with Gasteiger partial charge in [0.05, 0.1) is 5.52 Å². The van der Waals surface area contributed by atoms with Gasteiger partial charge in [0.1, 0.15) is 13.0 Å². The molecule has 1 aliphatic rings. The highest BCUT2D eigenvalue weighted by Gasteiger charge is 2.30. The lowest BCUT2D eigenvalue weighted by Gasteiger charge is -2.32. The third kappa shape index (κ3) is 4.94. The number of nitrogens with one attached hydrogen (secondary N) is 1. The van der Waals surface area contributed by atoms with Crippen LogP contribution in [0.15, 0.2) is 54.7 Å². The third-order valence-electron chi connectivity index (χ3n) is 6.83. The van der Waals surface area contributed by atoms with Gasteiger partial charge in [-0.2, -0.15) is 0 Å². The number of benzene rings is 2. The van der Waals surface area contributed by atoms with Crippen molar-refractivity contribution >= 4 is 34.9 Å². The van der Waals surface area contributed by atoms with E-state index in [1.54, 1.807) is 31.7 Å². The van der Waals surface area contributed by atoms with Crippen molar-refractivity contribution in [2.75, 3.05) is 18.6 Å². The lowest BCUT2D eigenvalue weighted by Crippen LogP contribution is -2.29. The Hall–Kier alpha value is -2.52. The van der Waals surface area contributed by atoms with Gasteiger partial charge in [0, 0.05) is 28.5 Å². The van der Waals surface area contributed by atoms with Crippen molar-refractivity contribution in [1.82, 2.24) is 4.98 Å². The molecular weight excluding hydrogens is 422 g/mol. The average Bonchev–Trinajstić information content (AvgIpc) is 2.78. The van der Waals surface area contributed by atoms with Crippen molar-refractivity contribution < 1.29 is 13.8 Å². The monoisotopic (exact) mass is 452 g/mol. The number of fused-ring (bicyclic) bond motifs is 1. The maximum absolute atomic E-state index is 13.8. The molecule has 0 radical (unpaired) electrons. The Morgan fingerprint density at radius 1 is 1.06 bits per heavy atom. The summed E-state index contributed by atoms with van der Waals surface area (Å²) in [7, 11) is -2.30. The number of pyridine rings is 1. The van der Waals surface area contributed by atoms with Crippen LogP contribution in [0.3, 0.4) is 0 Å². The lowest BCUT2D eigenvalue weighted by atomic mass is 9.73. The third-order valence-corrected chi connectivity index (χ3v) is 8.37. The first-order valence-corrected chi connectivity index (χ1v) is 13.8. The molecule has 0 saturated heterocycles. The van der Waals surface area contributed by atoms with Gasteiger partial charge in [-0.05, 0) is 105 Å². The van der Waals surface area contributed by atoms with Crippen molar-refractivity contribution in [2.24, 2.45) is 11.8 Å². The normalized spacial score (nSPS) is 20.1. The minimum Gasteiger partial charge on any atom is -0.326 e. The Labute approximate surface area is 189 Å². The molecule has 1 fully saturated rings. The summed E-state index contributed by atoms with van der Waals surface area (Å²) in [5.41, 5.74) is 2.72. The molecule has 1 aliphatic carbocycles. The number of hydrogen-bond donors (Lipinski definition) is 1. The Balaban J connectivity index is 1.38. The second-order valence-electron chi connectivity index (χ2n) is 9.35. The summed E-state index contributed by atoms with van der Waals surface area (Å²) in [4.78, 5) is 17.2.